The molecular formula is C20H23NO5S2. The summed E-state index contributed by atoms with van der Waals surface area (Å²) in [6.07, 6.45) is 0.734. The van der Waals surface area contributed by atoms with Gasteiger partial charge in [0.15, 0.2) is 6.61 Å². The summed E-state index contributed by atoms with van der Waals surface area (Å²) in [6.45, 7) is 5.49. The quantitative estimate of drug-likeness (QED) is 0.486. The van der Waals surface area contributed by atoms with Gasteiger partial charge in [0.1, 0.15) is 5.00 Å². The molecule has 0 aliphatic rings. The third-order valence-electron chi connectivity index (χ3n) is 3.68. The highest BCUT2D eigenvalue weighted by molar-refractivity contribution is 8.00. The average Bonchev–Trinajstić information content (AvgIpc) is 3.09. The Hall–Kier alpha value is -2.32. The zero-order valence-corrected chi connectivity index (χ0v) is 17.7. The van der Waals surface area contributed by atoms with Crippen LogP contribution < -0.4 is 5.32 Å². The second-order valence-electron chi connectivity index (χ2n) is 5.79. The largest absolute Gasteiger partial charge is 0.462 e. The van der Waals surface area contributed by atoms with Gasteiger partial charge >= 0.3 is 11.9 Å². The van der Waals surface area contributed by atoms with Crippen molar-refractivity contribution in [3.8, 4) is 0 Å². The molecule has 28 heavy (non-hydrogen) atoms. The first kappa shape index (κ1) is 22.0. The molecule has 0 unspecified atom stereocenters. The van der Waals surface area contributed by atoms with E-state index < -0.39 is 24.5 Å². The van der Waals surface area contributed by atoms with Crippen molar-refractivity contribution in [3.63, 3.8) is 0 Å². The van der Waals surface area contributed by atoms with Crippen LogP contribution in [0.3, 0.4) is 0 Å². The lowest BCUT2D eigenvalue weighted by Gasteiger charge is -2.08. The Morgan fingerprint density at radius 3 is 2.57 bits per heavy atom. The van der Waals surface area contributed by atoms with Gasteiger partial charge in [0.2, 0.25) is 0 Å². The summed E-state index contributed by atoms with van der Waals surface area (Å²) in [5, 5.41) is 3.05. The summed E-state index contributed by atoms with van der Waals surface area (Å²) in [7, 11) is 0. The minimum absolute atomic E-state index is 0.116. The Morgan fingerprint density at radius 2 is 1.89 bits per heavy atom. The average molecular weight is 422 g/mol. The lowest BCUT2D eigenvalue weighted by atomic mass is 10.2. The number of anilines is 1. The normalized spacial score (nSPS) is 10.4. The number of ether oxygens (including phenoxy) is 2. The molecule has 2 aromatic rings. The monoisotopic (exact) mass is 421 g/mol. The van der Waals surface area contributed by atoms with Crippen molar-refractivity contribution in [1.29, 1.82) is 0 Å². The van der Waals surface area contributed by atoms with Crippen molar-refractivity contribution >= 4 is 45.9 Å². The van der Waals surface area contributed by atoms with Crippen LogP contribution in [0.4, 0.5) is 5.00 Å². The van der Waals surface area contributed by atoms with Gasteiger partial charge in [-0.3, -0.25) is 9.59 Å². The first-order valence-electron chi connectivity index (χ1n) is 8.88. The van der Waals surface area contributed by atoms with E-state index in [1.807, 2.05) is 38.1 Å². The smallest absolute Gasteiger partial charge is 0.341 e. The van der Waals surface area contributed by atoms with E-state index in [4.69, 9.17) is 9.47 Å². The lowest BCUT2D eigenvalue weighted by molar-refractivity contribution is -0.144. The molecule has 0 spiro atoms. The standard InChI is InChI=1S/C20H23NO5S2/c1-4-14-10-15(20(24)25-5-2)19(28-14)21-17(22)11-26-18(23)12-27-16-9-7-6-8-13(16)3/h6-10H,4-5,11-12H2,1-3H3,(H,21,22). The van der Waals surface area contributed by atoms with Crippen LogP contribution in [0.2, 0.25) is 0 Å². The fourth-order valence-electron chi connectivity index (χ4n) is 2.28. The number of thioether (sulfide) groups is 1. The number of thiophene rings is 1. The Balaban J connectivity index is 1.86. The van der Waals surface area contributed by atoms with Gasteiger partial charge in [-0.15, -0.1) is 23.1 Å². The fraction of sp³-hybridized carbons (Fsp3) is 0.350. The minimum atomic E-state index is -0.496. The maximum Gasteiger partial charge on any atom is 0.341 e. The van der Waals surface area contributed by atoms with E-state index in [-0.39, 0.29) is 12.4 Å². The molecule has 0 aliphatic heterocycles. The van der Waals surface area contributed by atoms with Gasteiger partial charge in [0.25, 0.3) is 5.91 Å². The molecule has 1 amide bonds. The lowest BCUT2D eigenvalue weighted by Crippen LogP contribution is -2.22. The molecule has 0 saturated carbocycles. The summed E-state index contributed by atoms with van der Waals surface area (Å²) in [4.78, 5) is 38.0. The van der Waals surface area contributed by atoms with Crippen LogP contribution in [0, 0.1) is 6.92 Å². The number of hydrogen-bond acceptors (Lipinski definition) is 7. The van der Waals surface area contributed by atoms with Crippen molar-refractivity contribution in [2.24, 2.45) is 0 Å². The molecule has 2 rings (SSSR count). The number of nitrogens with one attached hydrogen (secondary N) is 1. The predicted octanol–water partition coefficient (Wildman–Crippen LogP) is 4.07. The summed E-state index contributed by atoms with van der Waals surface area (Å²) >= 11 is 2.67. The highest BCUT2D eigenvalue weighted by Gasteiger charge is 2.19. The molecule has 1 aromatic carbocycles. The number of carbonyl (C=O) groups is 3. The van der Waals surface area contributed by atoms with Gasteiger partial charge in [0, 0.05) is 9.77 Å². The second kappa shape index (κ2) is 10.9. The molecule has 0 saturated heterocycles. The number of hydrogen-bond donors (Lipinski definition) is 1. The summed E-state index contributed by atoms with van der Waals surface area (Å²) in [5.74, 6) is -1.34. The van der Waals surface area contributed by atoms with Gasteiger partial charge in [-0.25, -0.2) is 4.79 Å². The van der Waals surface area contributed by atoms with E-state index in [2.05, 4.69) is 5.32 Å². The van der Waals surface area contributed by atoms with Gasteiger partial charge in [0.05, 0.1) is 17.9 Å². The number of amides is 1. The van der Waals surface area contributed by atoms with E-state index in [0.29, 0.717) is 10.6 Å². The first-order valence-corrected chi connectivity index (χ1v) is 10.7. The van der Waals surface area contributed by atoms with Crippen molar-refractivity contribution < 1.29 is 23.9 Å². The summed E-state index contributed by atoms with van der Waals surface area (Å²) in [6, 6.07) is 9.44. The topological polar surface area (TPSA) is 81.7 Å². The van der Waals surface area contributed by atoms with Gasteiger partial charge in [-0.2, -0.15) is 0 Å². The number of rotatable bonds is 9. The Bertz CT molecular complexity index is 847. The number of carbonyl (C=O) groups excluding carboxylic acids is 3. The van der Waals surface area contributed by atoms with Gasteiger partial charge < -0.3 is 14.8 Å². The molecule has 6 nitrogen and oxygen atoms in total. The van der Waals surface area contributed by atoms with Crippen LogP contribution in [0.5, 0.6) is 0 Å². The zero-order chi connectivity index (χ0) is 20.5. The fourth-order valence-corrected chi connectivity index (χ4v) is 4.10. The van der Waals surface area contributed by atoms with Crippen molar-refractivity contribution in [2.75, 3.05) is 24.3 Å². The Kier molecular flexibility index (Phi) is 8.53. The summed E-state index contributed by atoms with van der Waals surface area (Å²) < 4.78 is 10.1. The van der Waals surface area contributed by atoms with Crippen LogP contribution >= 0.6 is 23.1 Å². The van der Waals surface area contributed by atoms with Gasteiger partial charge in [-0.1, -0.05) is 25.1 Å². The molecule has 0 bridgehead atoms. The SMILES string of the molecule is CCOC(=O)c1cc(CC)sc1NC(=O)COC(=O)CSc1ccccc1C. The maximum absolute atomic E-state index is 12.1. The number of benzene rings is 1. The van der Waals surface area contributed by atoms with E-state index in [0.717, 1.165) is 21.8 Å². The van der Waals surface area contributed by atoms with E-state index in [1.165, 1.54) is 23.1 Å². The van der Waals surface area contributed by atoms with Crippen LogP contribution in [0.25, 0.3) is 0 Å². The highest BCUT2D eigenvalue weighted by Crippen LogP contribution is 2.29. The number of esters is 2. The molecular weight excluding hydrogens is 398 g/mol. The Labute approximate surface area is 172 Å². The molecule has 1 aromatic heterocycles. The van der Waals surface area contributed by atoms with E-state index >= 15 is 0 Å². The maximum atomic E-state index is 12.1. The van der Waals surface area contributed by atoms with Crippen LogP contribution in [0.1, 0.15) is 34.6 Å². The van der Waals surface area contributed by atoms with Crippen LogP contribution in [-0.2, 0) is 25.5 Å². The van der Waals surface area contributed by atoms with Crippen LogP contribution in [0.15, 0.2) is 35.2 Å². The van der Waals surface area contributed by atoms with Crippen molar-refractivity contribution in [3.05, 3.63) is 46.3 Å². The third-order valence-corrected chi connectivity index (χ3v) is 6.03. The van der Waals surface area contributed by atoms with E-state index in [1.54, 1.807) is 13.0 Å². The number of aryl methyl sites for hydroxylation is 2. The van der Waals surface area contributed by atoms with E-state index in [9.17, 15) is 14.4 Å². The molecule has 150 valence electrons. The highest BCUT2D eigenvalue weighted by atomic mass is 32.2. The minimum Gasteiger partial charge on any atom is -0.462 e. The van der Waals surface area contributed by atoms with Crippen molar-refractivity contribution in [1.82, 2.24) is 0 Å². The molecule has 0 aliphatic carbocycles. The second-order valence-corrected chi connectivity index (χ2v) is 7.95. The van der Waals surface area contributed by atoms with Gasteiger partial charge in [-0.05, 0) is 38.0 Å². The summed E-state index contributed by atoms with van der Waals surface area (Å²) in [5.41, 5.74) is 1.40. The molecule has 8 heteroatoms. The molecule has 0 fully saturated rings. The zero-order valence-electron chi connectivity index (χ0n) is 16.1. The molecule has 0 radical (unpaired) electrons. The molecule has 1 N–H and O–H groups in total. The van der Waals surface area contributed by atoms with Crippen LogP contribution in [-0.4, -0.2) is 36.8 Å². The first-order chi connectivity index (χ1) is 13.4. The molecule has 0 atom stereocenters. The molecule has 1 heterocycles. The van der Waals surface area contributed by atoms with Crippen molar-refractivity contribution in [2.45, 2.75) is 32.1 Å². The third kappa shape index (κ3) is 6.38. The Morgan fingerprint density at radius 1 is 1.14 bits per heavy atom. The predicted molar refractivity (Wildman–Crippen MR) is 111 cm³/mol.